The van der Waals surface area contributed by atoms with Crippen LogP contribution in [-0.2, 0) is 28.0 Å². The molecule has 0 bridgehead atoms. The molecule has 2 aliphatic rings. The van der Waals surface area contributed by atoms with E-state index in [1.807, 2.05) is 6.92 Å². The van der Waals surface area contributed by atoms with Gasteiger partial charge in [-0.15, -0.1) is 11.3 Å². The Hall–Kier alpha value is -3.53. The minimum Gasteiger partial charge on any atom is -0.480 e. The van der Waals surface area contributed by atoms with E-state index in [9.17, 15) is 23.1 Å². The molecule has 2 unspecified atom stereocenters. The van der Waals surface area contributed by atoms with Gasteiger partial charge in [0.2, 0.25) is 0 Å². The Bertz CT molecular complexity index is 1530. The molecule has 1 fully saturated rings. The Morgan fingerprint density at radius 1 is 1.24 bits per heavy atom. The van der Waals surface area contributed by atoms with Gasteiger partial charge >= 0.3 is 16.2 Å². The first-order chi connectivity index (χ1) is 17.6. The number of hydrogen-bond acceptors (Lipinski definition) is 9. The minimum atomic E-state index is -4.13. The summed E-state index contributed by atoms with van der Waals surface area (Å²) in [5, 5.41) is 26.4. The number of aliphatic carboxylic acids is 1. The number of benzene rings is 1. The molecule has 13 nitrogen and oxygen atoms in total. The molecule has 1 aromatic carbocycles. The number of piperazine rings is 1. The molecule has 2 aromatic heterocycles. The summed E-state index contributed by atoms with van der Waals surface area (Å²) in [7, 11) is -4.13. The first kappa shape index (κ1) is 25.1. The summed E-state index contributed by atoms with van der Waals surface area (Å²) in [6.45, 7) is 2.04. The van der Waals surface area contributed by atoms with Crippen molar-refractivity contribution in [3.8, 4) is 0 Å². The molecule has 1 amide bonds. The molecule has 196 valence electrons. The molecule has 0 saturated carbocycles. The van der Waals surface area contributed by atoms with E-state index < -0.39 is 34.7 Å². The third-order valence-electron chi connectivity index (χ3n) is 6.58. The van der Waals surface area contributed by atoms with Crippen molar-refractivity contribution in [1.82, 2.24) is 23.5 Å². The molecule has 5 rings (SSSR count). The van der Waals surface area contributed by atoms with Crippen LogP contribution >= 0.6 is 11.3 Å². The van der Waals surface area contributed by atoms with Gasteiger partial charge < -0.3 is 26.3 Å². The summed E-state index contributed by atoms with van der Waals surface area (Å²) < 4.78 is 28.9. The first-order valence-electron chi connectivity index (χ1n) is 11.4. The Morgan fingerprint density at radius 3 is 2.73 bits per heavy atom. The van der Waals surface area contributed by atoms with Crippen molar-refractivity contribution in [3.05, 3.63) is 51.7 Å². The molecular formula is C22H25N7O6S2. The molecule has 37 heavy (non-hydrogen) atoms. The van der Waals surface area contributed by atoms with Crippen LogP contribution in [0.4, 0.5) is 0 Å². The Kier molecular flexibility index (Phi) is 6.39. The highest BCUT2D eigenvalue weighted by Gasteiger charge is 2.41. The third kappa shape index (κ3) is 4.54. The van der Waals surface area contributed by atoms with Crippen molar-refractivity contribution in [2.24, 2.45) is 10.9 Å². The molecule has 0 radical (unpaired) electrons. The molecule has 5 N–H and O–H groups in total. The van der Waals surface area contributed by atoms with Gasteiger partial charge in [-0.25, -0.2) is 13.8 Å². The van der Waals surface area contributed by atoms with Gasteiger partial charge in [0.05, 0.1) is 5.69 Å². The van der Waals surface area contributed by atoms with E-state index in [4.69, 9.17) is 10.9 Å². The van der Waals surface area contributed by atoms with Crippen LogP contribution < -0.4 is 11.1 Å². The Balaban J connectivity index is 1.38. The van der Waals surface area contributed by atoms with Crippen molar-refractivity contribution in [2.45, 2.75) is 32.0 Å². The van der Waals surface area contributed by atoms with E-state index in [0.717, 1.165) is 18.8 Å². The second kappa shape index (κ2) is 9.41. The predicted molar refractivity (Wildman–Crippen MR) is 135 cm³/mol. The Morgan fingerprint density at radius 2 is 2.00 bits per heavy atom. The topological polar surface area (TPSA) is 183 Å². The highest BCUT2D eigenvalue weighted by atomic mass is 32.2. The summed E-state index contributed by atoms with van der Waals surface area (Å²) in [5.41, 5.74) is 6.87. The van der Waals surface area contributed by atoms with Gasteiger partial charge in [0.25, 0.3) is 5.91 Å². The number of hydrogen-bond donors (Lipinski definition) is 4. The van der Waals surface area contributed by atoms with Crippen LogP contribution in [0.1, 0.15) is 32.9 Å². The van der Waals surface area contributed by atoms with Crippen LogP contribution in [0.2, 0.25) is 0 Å². The molecule has 3 aromatic rings. The van der Waals surface area contributed by atoms with Gasteiger partial charge in [-0.2, -0.15) is 12.7 Å². The monoisotopic (exact) mass is 547 g/mol. The number of fused-ring (bicyclic) bond motifs is 2. The van der Waals surface area contributed by atoms with Crippen molar-refractivity contribution in [2.75, 3.05) is 19.6 Å². The van der Waals surface area contributed by atoms with Gasteiger partial charge in [-0.1, -0.05) is 17.3 Å². The zero-order chi connectivity index (χ0) is 26.5. The lowest BCUT2D eigenvalue weighted by molar-refractivity contribution is -0.143. The minimum absolute atomic E-state index is 0.0780. The standard InChI is InChI=1S/C22H25N7O6S2/c1-12-6-16-18(8-24-12)36-20(25-16)21(30)29-5-4-27(11-17(29)22(31)32)37(34,35)28-9-14-3-2-13(19(23)26-33)7-15(14)10-28/h2-3,7,9-10,12,17,24,33H,4-6,8,11H2,1H3,(H2,23,26)(H,31,32). The molecule has 2 atom stereocenters. The van der Waals surface area contributed by atoms with Crippen LogP contribution in [-0.4, -0.2) is 86.3 Å². The number of oxime groups is 1. The number of amides is 1. The van der Waals surface area contributed by atoms with E-state index in [2.05, 4.69) is 15.5 Å². The van der Waals surface area contributed by atoms with Crippen molar-refractivity contribution in [1.29, 1.82) is 0 Å². The Labute approximate surface area is 216 Å². The maximum absolute atomic E-state index is 13.4. The summed E-state index contributed by atoms with van der Waals surface area (Å²) in [4.78, 5) is 32.0. The van der Waals surface area contributed by atoms with Crippen LogP contribution in [0.3, 0.4) is 0 Å². The number of carbonyl (C=O) groups is 2. The average Bonchev–Trinajstić information content (AvgIpc) is 3.51. The number of carbonyl (C=O) groups excluding carboxylic acids is 1. The highest BCUT2D eigenvalue weighted by Crippen LogP contribution is 2.27. The van der Waals surface area contributed by atoms with E-state index >= 15 is 0 Å². The number of nitrogens with two attached hydrogens (primary N) is 1. The number of amidine groups is 1. The smallest absolute Gasteiger partial charge is 0.327 e. The molecule has 15 heteroatoms. The highest BCUT2D eigenvalue weighted by molar-refractivity contribution is 7.87. The fourth-order valence-corrected chi connectivity index (χ4v) is 6.94. The summed E-state index contributed by atoms with van der Waals surface area (Å²) in [5.74, 6) is -1.93. The first-order valence-corrected chi connectivity index (χ1v) is 13.7. The maximum Gasteiger partial charge on any atom is 0.327 e. The lowest BCUT2D eigenvalue weighted by atomic mass is 10.1. The molecule has 0 spiro atoms. The number of carboxylic acids is 1. The number of nitrogens with one attached hydrogen (secondary N) is 1. The van der Waals surface area contributed by atoms with Crippen LogP contribution in [0.15, 0.2) is 35.7 Å². The predicted octanol–water partition coefficient (Wildman–Crippen LogP) is 0.231. The van der Waals surface area contributed by atoms with Gasteiger partial charge in [0.15, 0.2) is 10.8 Å². The lowest BCUT2D eigenvalue weighted by Gasteiger charge is -2.38. The van der Waals surface area contributed by atoms with Crippen molar-refractivity contribution >= 4 is 50.0 Å². The maximum atomic E-state index is 13.4. The number of rotatable bonds is 5. The lowest BCUT2D eigenvalue weighted by Crippen LogP contribution is -2.59. The summed E-state index contributed by atoms with van der Waals surface area (Å²) in [6, 6.07) is 3.67. The number of carboxylic acid groups (broad SMARTS) is 1. The van der Waals surface area contributed by atoms with Crippen LogP contribution in [0, 0.1) is 0 Å². The van der Waals surface area contributed by atoms with Gasteiger partial charge in [-0.05, 0) is 13.0 Å². The zero-order valence-corrected chi connectivity index (χ0v) is 21.4. The van der Waals surface area contributed by atoms with Crippen LogP contribution in [0.25, 0.3) is 10.8 Å². The molecule has 0 aliphatic carbocycles. The summed E-state index contributed by atoms with van der Waals surface area (Å²) in [6.07, 6.45) is 3.46. The molecular weight excluding hydrogens is 522 g/mol. The fourth-order valence-electron chi connectivity index (χ4n) is 4.55. The molecule has 2 aliphatic heterocycles. The summed E-state index contributed by atoms with van der Waals surface area (Å²) >= 11 is 1.24. The second-order valence-electron chi connectivity index (χ2n) is 9.01. The largest absolute Gasteiger partial charge is 0.480 e. The third-order valence-corrected chi connectivity index (χ3v) is 9.39. The van der Waals surface area contributed by atoms with Gasteiger partial charge in [0, 0.05) is 72.2 Å². The van der Waals surface area contributed by atoms with Crippen LogP contribution in [0.5, 0.6) is 0 Å². The quantitative estimate of drug-likeness (QED) is 0.150. The van der Waals surface area contributed by atoms with E-state index in [0.29, 0.717) is 29.3 Å². The molecule has 4 heterocycles. The van der Waals surface area contributed by atoms with E-state index in [1.165, 1.54) is 28.6 Å². The number of aromatic nitrogens is 2. The second-order valence-corrected chi connectivity index (χ2v) is 11.9. The van der Waals surface area contributed by atoms with Crippen molar-refractivity contribution in [3.63, 3.8) is 0 Å². The zero-order valence-electron chi connectivity index (χ0n) is 19.7. The molecule has 1 saturated heterocycles. The van der Waals surface area contributed by atoms with Gasteiger partial charge in [0.1, 0.15) is 6.04 Å². The fraction of sp³-hybridized carbons (Fsp3) is 0.364. The van der Waals surface area contributed by atoms with E-state index in [1.54, 1.807) is 18.2 Å². The van der Waals surface area contributed by atoms with Crippen molar-refractivity contribution < 1.29 is 28.3 Å². The number of nitrogens with zero attached hydrogens (tertiary/aromatic N) is 5. The average molecular weight is 548 g/mol. The van der Waals surface area contributed by atoms with Gasteiger partial charge in [-0.3, -0.25) is 4.79 Å². The van der Waals surface area contributed by atoms with E-state index in [-0.39, 0.29) is 30.0 Å². The number of thiazole rings is 1. The normalized spacial score (nSPS) is 21.2. The SMILES string of the molecule is CC1Cc2nc(C(=O)N3CCN(S(=O)(=O)n4cc5ccc(C(N)=NO)cc5c4)CC3C(=O)O)sc2CN1.